The van der Waals surface area contributed by atoms with Crippen molar-refractivity contribution in [1.82, 2.24) is 4.31 Å². The molecular weight excluding hydrogens is 367 g/mol. The smallest absolute Gasteiger partial charge is 0.243 e. The maximum absolute atomic E-state index is 12.4. The molecule has 0 bridgehead atoms. The molecule has 1 saturated heterocycles. The minimum absolute atomic E-state index is 0.211. The Hall–Kier alpha value is -0.220. The summed E-state index contributed by atoms with van der Waals surface area (Å²) in [5, 5.41) is 0. The molecule has 100 valence electrons. The van der Waals surface area contributed by atoms with Gasteiger partial charge in [0, 0.05) is 23.2 Å². The van der Waals surface area contributed by atoms with Gasteiger partial charge in [-0.3, -0.25) is 0 Å². The van der Waals surface area contributed by atoms with Gasteiger partial charge in [-0.15, -0.1) is 0 Å². The lowest BCUT2D eigenvalue weighted by Crippen LogP contribution is -2.48. The molecule has 1 fully saturated rings. The number of rotatable bonds is 3. The predicted octanol–water partition coefficient (Wildman–Crippen LogP) is 0.639. The standard InChI is InChI=1S/C11H15IN2O3S/c12-9-1-3-11(4-2-9)18(15,16)14-5-6-17-10(7-13)8-14/h1-4,10H,5-8,13H2. The lowest BCUT2D eigenvalue weighted by Gasteiger charge is -2.31. The van der Waals surface area contributed by atoms with Crippen LogP contribution in [0.3, 0.4) is 0 Å². The van der Waals surface area contributed by atoms with Gasteiger partial charge >= 0.3 is 0 Å². The van der Waals surface area contributed by atoms with Crippen molar-refractivity contribution in [1.29, 1.82) is 0 Å². The summed E-state index contributed by atoms with van der Waals surface area (Å²) in [4.78, 5) is 0.320. The Labute approximate surface area is 120 Å². The average Bonchev–Trinajstić information content (AvgIpc) is 2.39. The zero-order chi connectivity index (χ0) is 13.2. The summed E-state index contributed by atoms with van der Waals surface area (Å²) in [6.45, 7) is 1.43. The van der Waals surface area contributed by atoms with E-state index < -0.39 is 10.0 Å². The largest absolute Gasteiger partial charge is 0.374 e. The highest BCUT2D eigenvalue weighted by atomic mass is 127. The first kappa shape index (κ1) is 14.2. The molecule has 2 N–H and O–H groups in total. The normalized spacial score (nSPS) is 22.0. The summed E-state index contributed by atoms with van der Waals surface area (Å²) in [6, 6.07) is 6.83. The van der Waals surface area contributed by atoms with Crippen LogP contribution in [0, 0.1) is 3.57 Å². The Morgan fingerprint density at radius 3 is 2.67 bits per heavy atom. The number of nitrogens with zero attached hydrogens (tertiary/aromatic N) is 1. The summed E-state index contributed by atoms with van der Waals surface area (Å²) >= 11 is 2.14. The summed E-state index contributed by atoms with van der Waals surface area (Å²) < 4.78 is 32.6. The van der Waals surface area contributed by atoms with Gasteiger partial charge in [0.1, 0.15) is 0 Å². The molecule has 5 nitrogen and oxygen atoms in total. The van der Waals surface area contributed by atoms with E-state index in [1.54, 1.807) is 24.3 Å². The van der Waals surface area contributed by atoms with E-state index in [-0.39, 0.29) is 6.10 Å². The second kappa shape index (κ2) is 5.83. The van der Waals surface area contributed by atoms with Gasteiger partial charge in [-0.1, -0.05) is 0 Å². The van der Waals surface area contributed by atoms with E-state index in [0.29, 0.717) is 31.1 Å². The fourth-order valence-corrected chi connectivity index (χ4v) is 3.62. The molecule has 1 heterocycles. The Balaban J connectivity index is 2.22. The van der Waals surface area contributed by atoms with E-state index in [0.717, 1.165) is 3.57 Å². The molecular formula is C11H15IN2O3S. The molecule has 18 heavy (non-hydrogen) atoms. The van der Waals surface area contributed by atoms with Gasteiger partial charge in [-0.2, -0.15) is 4.31 Å². The van der Waals surface area contributed by atoms with E-state index in [1.807, 2.05) is 0 Å². The van der Waals surface area contributed by atoms with Crippen LogP contribution in [0.4, 0.5) is 0 Å². The van der Waals surface area contributed by atoms with Crippen molar-refractivity contribution >= 4 is 32.6 Å². The monoisotopic (exact) mass is 382 g/mol. The minimum Gasteiger partial charge on any atom is -0.374 e. The van der Waals surface area contributed by atoms with E-state index in [1.165, 1.54) is 4.31 Å². The van der Waals surface area contributed by atoms with Crippen molar-refractivity contribution in [3.63, 3.8) is 0 Å². The summed E-state index contributed by atoms with van der Waals surface area (Å²) in [7, 11) is -3.43. The van der Waals surface area contributed by atoms with Crippen LogP contribution in [0.1, 0.15) is 0 Å². The maximum atomic E-state index is 12.4. The van der Waals surface area contributed by atoms with Crippen molar-refractivity contribution in [2.45, 2.75) is 11.0 Å². The van der Waals surface area contributed by atoms with Gasteiger partial charge in [-0.05, 0) is 46.9 Å². The molecule has 0 amide bonds. The average molecular weight is 382 g/mol. The number of morpholine rings is 1. The van der Waals surface area contributed by atoms with Gasteiger partial charge in [-0.25, -0.2) is 8.42 Å². The second-order valence-corrected chi connectivity index (χ2v) is 7.23. The van der Waals surface area contributed by atoms with Crippen LogP contribution in [0.5, 0.6) is 0 Å². The van der Waals surface area contributed by atoms with Crippen LogP contribution >= 0.6 is 22.6 Å². The van der Waals surface area contributed by atoms with Crippen molar-refractivity contribution < 1.29 is 13.2 Å². The Morgan fingerprint density at radius 1 is 1.39 bits per heavy atom. The van der Waals surface area contributed by atoms with E-state index in [9.17, 15) is 8.42 Å². The van der Waals surface area contributed by atoms with Crippen LogP contribution in [0.25, 0.3) is 0 Å². The Bertz CT molecular complexity index is 504. The number of sulfonamides is 1. The summed E-state index contributed by atoms with van der Waals surface area (Å²) in [6.07, 6.45) is -0.211. The van der Waals surface area contributed by atoms with Crippen molar-refractivity contribution in [3.05, 3.63) is 27.8 Å². The molecule has 1 aromatic carbocycles. The number of ether oxygens (including phenoxy) is 1. The molecule has 2 rings (SSSR count). The number of hydrogen-bond donors (Lipinski definition) is 1. The Morgan fingerprint density at radius 2 is 2.06 bits per heavy atom. The fraction of sp³-hybridized carbons (Fsp3) is 0.455. The van der Waals surface area contributed by atoms with Gasteiger partial charge in [0.05, 0.1) is 17.6 Å². The molecule has 1 aliphatic heterocycles. The molecule has 1 aliphatic rings. The van der Waals surface area contributed by atoms with Crippen molar-refractivity contribution in [2.24, 2.45) is 5.73 Å². The minimum atomic E-state index is -3.43. The van der Waals surface area contributed by atoms with Crippen LogP contribution in [-0.4, -0.2) is 45.1 Å². The third-order valence-electron chi connectivity index (χ3n) is 2.82. The van der Waals surface area contributed by atoms with E-state index >= 15 is 0 Å². The topological polar surface area (TPSA) is 72.6 Å². The van der Waals surface area contributed by atoms with Gasteiger partial charge in [0.2, 0.25) is 10.0 Å². The maximum Gasteiger partial charge on any atom is 0.243 e. The lowest BCUT2D eigenvalue weighted by atomic mass is 10.3. The quantitative estimate of drug-likeness (QED) is 0.779. The van der Waals surface area contributed by atoms with E-state index in [4.69, 9.17) is 10.5 Å². The van der Waals surface area contributed by atoms with Crippen LogP contribution < -0.4 is 5.73 Å². The number of nitrogens with two attached hydrogens (primary N) is 1. The predicted molar refractivity (Wildman–Crippen MR) is 76.7 cm³/mol. The van der Waals surface area contributed by atoms with Crippen molar-refractivity contribution in [2.75, 3.05) is 26.2 Å². The summed E-state index contributed by atoms with van der Waals surface area (Å²) in [5.41, 5.74) is 5.52. The van der Waals surface area contributed by atoms with E-state index in [2.05, 4.69) is 22.6 Å². The molecule has 0 saturated carbocycles. The van der Waals surface area contributed by atoms with Gasteiger partial charge in [0.25, 0.3) is 0 Å². The first-order valence-electron chi connectivity index (χ1n) is 5.61. The SMILES string of the molecule is NCC1CN(S(=O)(=O)c2ccc(I)cc2)CCO1. The molecule has 0 aromatic heterocycles. The molecule has 0 aliphatic carbocycles. The molecule has 1 aromatic rings. The third-order valence-corrected chi connectivity index (χ3v) is 5.41. The fourth-order valence-electron chi connectivity index (χ4n) is 1.81. The highest BCUT2D eigenvalue weighted by Gasteiger charge is 2.30. The second-order valence-electron chi connectivity index (χ2n) is 4.05. The Kier molecular flexibility index (Phi) is 4.59. The molecule has 1 atom stereocenters. The highest BCUT2D eigenvalue weighted by Crippen LogP contribution is 2.19. The lowest BCUT2D eigenvalue weighted by molar-refractivity contribution is 0.00450. The first-order valence-corrected chi connectivity index (χ1v) is 8.13. The third kappa shape index (κ3) is 3.02. The number of benzene rings is 1. The van der Waals surface area contributed by atoms with Crippen LogP contribution in [0.15, 0.2) is 29.2 Å². The number of hydrogen-bond acceptors (Lipinski definition) is 4. The molecule has 7 heteroatoms. The molecule has 1 unspecified atom stereocenters. The zero-order valence-electron chi connectivity index (χ0n) is 9.75. The van der Waals surface area contributed by atoms with Gasteiger partial charge < -0.3 is 10.5 Å². The van der Waals surface area contributed by atoms with Crippen LogP contribution in [-0.2, 0) is 14.8 Å². The van der Waals surface area contributed by atoms with Crippen molar-refractivity contribution in [3.8, 4) is 0 Å². The molecule has 0 radical (unpaired) electrons. The zero-order valence-corrected chi connectivity index (χ0v) is 12.7. The number of halogens is 1. The summed E-state index contributed by atoms with van der Waals surface area (Å²) in [5.74, 6) is 0. The van der Waals surface area contributed by atoms with Crippen LogP contribution in [0.2, 0.25) is 0 Å². The highest BCUT2D eigenvalue weighted by molar-refractivity contribution is 14.1. The van der Waals surface area contributed by atoms with Gasteiger partial charge in [0.15, 0.2) is 0 Å². The first-order chi connectivity index (χ1) is 8.54. The molecule has 0 spiro atoms.